The molecule has 4 nitrogen and oxygen atoms in total. The van der Waals surface area contributed by atoms with E-state index in [1.807, 2.05) is 0 Å². The lowest BCUT2D eigenvalue weighted by Crippen LogP contribution is -2.55. The molecule has 32 heavy (non-hydrogen) atoms. The summed E-state index contributed by atoms with van der Waals surface area (Å²) in [5, 5.41) is 15.1. The van der Waals surface area contributed by atoms with Crippen LogP contribution in [0.15, 0.2) is 54.6 Å². The van der Waals surface area contributed by atoms with E-state index >= 15 is 0 Å². The molecule has 0 atom stereocenters. The first kappa shape index (κ1) is 24.4. The molecule has 0 aliphatic heterocycles. The van der Waals surface area contributed by atoms with E-state index in [9.17, 15) is 4.79 Å². The molecule has 0 aromatic heterocycles. The van der Waals surface area contributed by atoms with Crippen LogP contribution < -0.4 is 5.19 Å². The summed E-state index contributed by atoms with van der Waals surface area (Å²) in [6.07, 6.45) is 5.72. The Kier molecular flexibility index (Phi) is 9.27. The molecule has 0 radical (unpaired) electrons. The zero-order valence-electron chi connectivity index (χ0n) is 19.4. The quantitative estimate of drug-likeness (QED) is 0.172. The lowest BCUT2D eigenvalue weighted by atomic mass is 10.0. The van der Waals surface area contributed by atoms with Crippen molar-refractivity contribution in [2.24, 2.45) is 0 Å². The molecular formula is C27H36O4Si. The first-order valence-electron chi connectivity index (χ1n) is 12.0. The van der Waals surface area contributed by atoms with Gasteiger partial charge < -0.3 is 14.0 Å². The minimum absolute atomic E-state index is 0.185. The molecule has 0 amide bonds. The second-order valence-electron chi connectivity index (χ2n) is 8.45. The van der Waals surface area contributed by atoms with Gasteiger partial charge in [0.25, 0.3) is 0 Å². The Bertz CT molecular complexity index is 953. The van der Waals surface area contributed by atoms with Crippen LogP contribution in [0, 0.1) is 0 Å². The van der Waals surface area contributed by atoms with E-state index in [0.717, 1.165) is 38.1 Å². The van der Waals surface area contributed by atoms with Gasteiger partial charge in [-0.15, -0.1) is 0 Å². The Labute approximate surface area is 192 Å². The van der Waals surface area contributed by atoms with E-state index in [4.69, 9.17) is 14.0 Å². The van der Waals surface area contributed by atoms with Crippen LogP contribution in [0.25, 0.3) is 21.5 Å². The summed E-state index contributed by atoms with van der Waals surface area (Å²) in [5.41, 5.74) is 0. The van der Waals surface area contributed by atoms with Crippen LogP contribution in [0.1, 0.15) is 58.8 Å². The number of carboxylic acid groups (broad SMARTS) is 1. The highest BCUT2D eigenvalue weighted by molar-refractivity contribution is 6.85. The summed E-state index contributed by atoms with van der Waals surface area (Å²) in [4.78, 5) is 11.1. The third-order valence-corrected chi connectivity index (χ3v) is 9.62. The van der Waals surface area contributed by atoms with E-state index in [-0.39, 0.29) is 6.42 Å². The van der Waals surface area contributed by atoms with E-state index in [1.165, 1.54) is 26.7 Å². The van der Waals surface area contributed by atoms with Gasteiger partial charge in [-0.1, -0.05) is 81.6 Å². The summed E-state index contributed by atoms with van der Waals surface area (Å²) in [5.74, 6) is -0.744. The molecule has 0 fully saturated rings. The fourth-order valence-corrected chi connectivity index (χ4v) is 8.13. The third kappa shape index (κ3) is 5.97. The van der Waals surface area contributed by atoms with Crippen molar-refractivity contribution in [2.45, 2.75) is 64.8 Å². The number of hydrogen-bond donors (Lipinski definition) is 1. The van der Waals surface area contributed by atoms with Gasteiger partial charge in [-0.05, 0) is 52.9 Å². The van der Waals surface area contributed by atoms with Crippen LogP contribution in [-0.4, -0.2) is 32.9 Å². The Morgan fingerprint density at radius 1 is 0.812 bits per heavy atom. The predicted octanol–water partition coefficient (Wildman–Crippen LogP) is 6.53. The van der Waals surface area contributed by atoms with Crippen molar-refractivity contribution in [3.05, 3.63) is 54.6 Å². The van der Waals surface area contributed by atoms with Crippen molar-refractivity contribution in [2.75, 3.05) is 13.2 Å². The number of fused-ring (bicyclic) bond motifs is 2. The van der Waals surface area contributed by atoms with Gasteiger partial charge in [0.05, 0.1) is 0 Å². The largest absolute Gasteiger partial charge is 0.481 e. The standard InChI is InChI=1S/C27H36O4Si/c1-3-5-18-30-32(31-19-6-4-2,20-12-11-17-26(28)29)27-24-15-9-7-13-22(24)21-23-14-8-10-16-25(23)27/h7-10,13-16,21H,3-6,11-12,17-20H2,1-2H3,(H,28,29). The lowest BCUT2D eigenvalue weighted by molar-refractivity contribution is -0.137. The molecule has 172 valence electrons. The molecule has 0 bridgehead atoms. The van der Waals surface area contributed by atoms with Gasteiger partial charge >= 0.3 is 14.5 Å². The molecule has 0 saturated heterocycles. The molecule has 0 unspecified atom stereocenters. The van der Waals surface area contributed by atoms with Gasteiger partial charge in [-0.2, -0.15) is 0 Å². The monoisotopic (exact) mass is 452 g/mol. The Morgan fingerprint density at radius 2 is 1.34 bits per heavy atom. The van der Waals surface area contributed by atoms with E-state index in [0.29, 0.717) is 19.6 Å². The van der Waals surface area contributed by atoms with Crippen molar-refractivity contribution in [3.63, 3.8) is 0 Å². The Morgan fingerprint density at radius 3 is 1.84 bits per heavy atom. The van der Waals surface area contributed by atoms with Crippen LogP contribution in [0.4, 0.5) is 0 Å². The predicted molar refractivity (Wildman–Crippen MR) is 135 cm³/mol. The molecule has 5 heteroatoms. The van der Waals surface area contributed by atoms with E-state index in [1.54, 1.807) is 0 Å². The van der Waals surface area contributed by atoms with Gasteiger partial charge in [0.1, 0.15) is 0 Å². The minimum Gasteiger partial charge on any atom is -0.481 e. The lowest BCUT2D eigenvalue weighted by Gasteiger charge is -2.33. The molecule has 0 aliphatic carbocycles. The maximum Gasteiger partial charge on any atom is 0.373 e. The third-order valence-electron chi connectivity index (χ3n) is 5.96. The average molecular weight is 453 g/mol. The molecule has 0 aliphatic rings. The smallest absolute Gasteiger partial charge is 0.373 e. The fourth-order valence-electron chi connectivity index (χ4n) is 4.28. The van der Waals surface area contributed by atoms with E-state index < -0.39 is 14.5 Å². The number of carboxylic acids is 1. The normalized spacial score (nSPS) is 11.9. The van der Waals surface area contributed by atoms with Crippen LogP contribution in [0.2, 0.25) is 6.04 Å². The molecular weight excluding hydrogens is 416 g/mol. The maximum absolute atomic E-state index is 11.1. The van der Waals surface area contributed by atoms with Crippen molar-refractivity contribution in [3.8, 4) is 0 Å². The Balaban J connectivity index is 2.16. The van der Waals surface area contributed by atoms with Crippen molar-refractivity contribution in [1.29, 1.82) is 0 Å². The SMILES string of the molecule is CCCCO[Si](CCCCC(=O)O)(OCCCC)c1c2ccccc2cc2ccccc12. The summed E-state index contributed by atoms with van der Waals surface area (Å²) in [6.45, 7) is 5.69. The van der Waals surface area contributed by atoms with Crippen LogP contribution in [0.3, 0.4) is 0 Å². The van der Waals surface area contributed by atoms with Gasteiger partial charge in [0.2, 0.25) is 0 Å². The Hall–Kier alpha value is -2.21. The molecule has 0 spiro atoms. The second kappa shape index (κ2) is 12.1. The number of unbranched alkanes of at least 4 members (excludes halogenated alkanes) is 3. The average Bonchev–Trinajstić information content (AvgIpc) is 2.80. The highest BCUT2D eigenvalue weighted by atomic mass is 28.4. The fraction of sp³-hybridized carbons (Fsp3) is 0.444. The summed E-state index contributed by atoms with van der Waals surface area (Å²) in [6, 6.07) is 20.0. The first-order valence-corrected chi connectivity index (χ1v) is 14.0. The van der Waals surface area contributed by atoms with Crippen LogP contribution in [-0.2, 0) is 13.6 Å². The van der Waals surface area contributed by atoms with Gasteiger partial charge in [0, 0.05) is 24.8 Å². The molecule has 3 aromatic carbocycles. The highest BCUT2D eigenvalue weighted by Crippen LogP contribution is 2.29. The first-order chi connectivity index (χ1) is 15.6. The summed E-state index contributed by atoms with van der Waals surface area (Å²) in [7, 11) is -2.84. The zero-order valence-corrected chi connectivity index (χ0v) is 20.4. The zero-order chi connectivity index (χ0) is 22.8. The highest BCUT2D eigenvalue weighted by Gasteiger charge is 2.42. The van der Waals surface area contributed by atoms with E-state index in [2.05, 4.69) is 68.4 Å². The second-order valence-corrected chi connectivity index (χ2v) is 11.5. The van der Waals surface area contributed by atoms with Crippen molar-refractivity contribution in [1.82, 2.24) is 0 Å². The van der Waals surface area contributed by atoms with Crippen molar-refractivity contribution < 1.29 is 18.8 Å². The molecule has 0 heterocycles. The molecule has 3 rings (SSSR count). The molecule has 1 N–H and O–H groups in total. The number of hydrogen-bond acceptors (Lipinski definition) is 3. The molecule has 3 aromatic rings. The summed E-state index contributed by atoms with van der Waals surface area (Å²) < 4.78 is 13.6. The van der Waals surface area contributed by atoms with Crippen molar-refractivity contribution >= 4 is 41.3 Å². The molecule has 0 saturated carbocycles. The topological polar surface area (TPSA) is 55.8 Å². The minimum atomic E-state index is -2.84. The maximum atomic E-state index is 11.1. The number of aliphatic carboxylic acids is 1. The number of rotatable bonds is 14. The number of carbonyl (C=O) groups is 1. The van der Waals surface area contributed by atoms with Crippen LogP contribution >= 0.6 is 0 Å². The van der Waals surface area contributed by atoms with Gasteiger partial charge in [0.15, 0.2) is 0 Å². The van der Waals surface area contributed by atoms with Gasteiger partial charge in [-0.3, -0.25) is 4.79 Å². The van der Waals surface area contributed by atoms with Crippen LogP contribution in [0.5, 0.6) is 0 Å². The van der Waals surface area contributed by atoms with Gasteiger partial charge in [-0.25, -0.2) is 0 Å². The summed E-state index contributed by atoms with van der Waals surface area (Å²) >= 11 is 0. The number of benzene rings is 3.